The summed E-state index contributed by atoms with van der Waals surface area (Å²) in [5, 5.41) is 11.1. The summed E-state index contributed by atoms with van der Waals surface area (Å²) in [6, 6.07) is 12.4. The van der Waals surface area contributed by atoms with Crippen LogP contribution in [0.15, 0.2) is 42.5 Å². The molecule has 4 fully saturated rings. The maximum atomic E-state index is 14.9. The van der Waals surface area contributed by atoms with Crippen LogP contribution in [0.1, 0.15) is 72.3 Å². The second-order valence-corrected chi connectivity index (χ2v) is 13.5. The van der Waals surface area contributed by atoms with E-state index in [0.717, 1.165) is 84.4 Å². The molecule has 1 saturated carbocycles. The Morgan fingerprint density at radius 2 is 1.77 bits per heavy atom. The molecular formula is C36H41N3O5. The second-order valence-electron chi connectivity index (χ2n) is 13.5. The number of methoxy groups -OCH3 is 2. The van der Waals surface area contributed by atoms with Crippen LogP contribution in [0.2, 0.25) is 0 Å². The van der Waals surface area contributed by atoms with Crippen LogP contribution in [0.3, 0.4) is 0 Å². The fourth-order valence-corrected chi connectivity index (χ4v) is 8.90. The lowest BCUT2D eigenvalue weighted by Crippen LogP contribution is -2.65. The summed E-state index contributed by atoms with van der Waals surface area (Å²) < 4.78 is 13.4. The van der Waals surface area contributed by atoms with Crippen molar-refractivity contribution in [3.05, 3.63) is 59.2 Å². The number of rotatable bonds is 7. The van der Waals surface area contributed by atoms with Gasteiger partial charge in [-0.15, -0.1) is 0 Å². The molecule has 44 heavy (non-hydrogen) atoms. The number of benzene rings is 2. The molecule has 0 spiro atoms. The smallest absolute Gasteiger partial charge is 0.335 e. The van der Waals surface area contributed by atoms with E-state index in [1.165, 1.54) is 24.8 Å². The van der Waals surface area contributed by atoms with Crippen LogP contribution in [-0.4, -0.2) is 83.9 Å². The van der Waals surface area contributed by atoms with Gasteiger partial charge in [-0.1, -0.05) is 31.4 Å². The quantitative estimate of drug-likeness (QED) is 0.373. The predicted octanol–water partition coefficient (Wildman–Crippen LogP) is 5.78. The summed E-state index contributed by atoms with van der Waals surface area (Å²) in [6.07, 6.45) is 10.2. The monoisotopic (exact) mass is 595 g/mol. The number of piperazine rings is 1. The Kier molecular flexibility index (Phi) is 6.65. The third-order valence-electron chi connectivity index (χ3n) is 11.2. The van der Waals surface area contributed by atoms with Crippen molar-refractivity contribution < 1.29 is 24.2 Å². The summed E-state index contributed by atoms with van der Waals surface area (Å²) in [6.45, 7) is 3.73. The van der Waals surface area contributed by atoms with Gasteiger partial charge < -0.3 is 24.0 Å². The van der Waals surface area contributed by atoms with E-state index in [1.54, 1.807) is 20.3 Å². The van der Waals surface area contributed by atoms with Gasteiger partial charge in [-0.25, -0.2) is 4.79 Å². The van der Waals surface area contributed by atoms with E-state index < -0.39 is 11.4 Å². The van der Waals surface area contributed by atoms with E-state index in [4.69, 9.17) is 9.47 Å². The number of fused-ring (bicyclic) bond motifs is 10. The first-order chi connectivity index (χ1) is 21.4. The van der Waals surface area contributed by atoms with Crippen molar-refractivity contribution >= 4 is 28.4 Å². The van der Waals surface area contributed by atoms with Crippen molar-refractivity contribution in [2.24, 2.45) is 5.41 Å². The highest BCUT2D eigenvalue weighted by atomic mass is 16.5. The molecule has 1 amide bonds. The number of aromatic nitrogens is 1. The molecule has 3 saturated heterocycles. The molecule has 230 valence electrons. The summed E-state index contributed by atoms with van der Waals surface area (Å²) in [5.41, 5.74) is 6.17. The number of nitrogens with zero attached hydrogens (tertiary/aromatic N) is 3. The largest absolute Gasteiger partial charge is 0.497 e. The van der Waals surface area contributed by atoms with Crippen LogP contribution >= 0.6 is 0 Å². The lowest BCUT2D eigenvalue weighted by molar-refractivity contribution is -0.147. The zero-order valence-corrected chi connectivity index (χ0v) is 25.7. The van der Waals surface area contributed by atoms with Crippen molar-refractivity contribution in [1.82, 2.24) is 14.4 Å². The highest BCUT2D eigenvalue weighted by molar-refractivity contribution is 6.12. The number of ether oxygens (including phenoxy) is 2. The molecule has 3 aromatic rings. The Balaban J connectivity index is 1.28. The van der Waals surface area contributed by atoms with Crippen LogP contribution in [0.4, 0.5) is 0 Å². The zero-order chi connectivity index (χ0) is 30.2. The van der Waals surface area contributed by atoms with E-state index in [1.807, 2.05) is 18.2 Å². The summed E-state index contributed by atoms with van der Waals surface area (Å²) in [4.78, 5) is 31.7. The molecule has 5 heterocycles. The molecule has 1 aromatic heterocycles. The first kappa shape index (κ1) is 27.9. The topological polar surface area (TPSA) is 84.2 Å². The molecule has 2 aliphatic carbocycles. The highest BCUT2D eigenvalue weighted by Crippen LogP contribution is 2.61. The SMILES string of the molecule is COCCN1CC2CCC1CN2C(=O)[C@]12C=C1c1cc(OC)ccc1-c1c(C3CCCCC3)c3ccc(C(=O)O)cc3n1C2. The number of aromatic carboxylic acids is 1. The lowest BCUT2D eigenvalue weighted by Gasteiger charge is -2.52. The summed E-state index contributed by atoms with van der Waals surface area (Å²) in [7, 11) is 3.43. The summed E-state index contributed by atoms with van der Waals surface area (Å²) in [5.74, 6) is 0.434. The van der Waals surface area contributed by atoms with Gasteiger partial charge in [-0.3, -0.25) is 9.69 Å². The highest BCUT2D eigenvalue weighted by Gasteiger charge is 2.58. The fraction of sp³-hybridized carbons (Fsp3) is 0.500. The Morgan fingerprint density at radius 3 is 2.50 bits per heavy atom. The van der Waals surface area contributed by atoms with E-state index in [2.05, 4.69) is 32.6 Å². The molecular weight excluding hydrogens is 554 g/mol. The molecule has 2 unspecified atom stereocenters. The maximum Gasteiger partial charge on any atom is 0.335 e. The number of piperidine rings is 2. The van der Waals surface area contributed by atoms with Gasteiger partial charge in [0.15, 0.2) is 0 Å². The Labute approximate surface area is 258 Å². The van der Waals surface area contributed by atoms with Gasteiger partial charge in [0, 0.05) is 61.8 Å². The number of carbonyl (C=O) groups is 2. The molecule has 9 rings (SSSR count). The van der Waals surface area contributed by atoms with Gasteiger partial charge in [0.25, 0.3) is 0 Å². The predicted molar refractivity (Wildman–Crippen MR) is 169 cm³/mol. The van der Waals surface area contributed by atoms with Crippen LogP contribution in [0.25, 0.3) is 27.7 Å². The first-order valence-corrected chi connectivity index (χ1v) is 16.3. The normalized spacial score (nSPS) is 26.0. The fourth-order valence-electron chi connectivity index (χ4n) is 8.90. The van der Waals surface area contributed by atoms with Gasteiger partial charge in [0.1, 0.15) is 11.2 Å². The van der Waals surface area contributed by atoms with Crippen LogP contribution in [0, 0.1) is 5.41 Å². The second kappa shape index (κ2) is 10.5. The number of carboxylic acid groups (broad SMARTS) is 1. The van der Waals surface area contributed by atoms with Crippen LogP contribution in [0.5, 0.6) is 5.75 Å². The Bertz CT molecular complexity index is 1700. The minimum absolute atomic E-state index is 0.186. The van der Waals surface area contributed by atoms with E-state index >= 15 is 0 Å². The van der Waals surface area contributed by atoms with Crippen molar-refractivity contribution in [1.29, 1.82) is 0 Å². The Hall–Kier alpha value is -3.62. The number of hydrogen-bond acceptors (Lipinski definition) is 5. The van der Waals surface area contributed by atoms with Gasteiger partial charge in [0.2, 0.25) is 5.91 Å². The number of hydrogen-bond donors (Lipinski definition) is 1. The molecule has 4 aliphatic heterocycles. The van der Waals surface area contributed by atoms with Crippen molar-refractivity contribution in [3.63, 3.8) is 0 Å². The van der Waals surface area contributed by atoms with Gasteiger partial charge in [0.05, 0.1) is 25.0 Å². The molecule has 8 nitrogen and oxygen atoms in total. The minimum atomic E-state index is -0.932. The van der Waals surface area contributed by atoms with Crippen LogP contribution in [-0.2, 0) is 16.1 Å². The Morgan fingerprint density at radius 1 is 0.955 bits per heavy atom. The lowest BCUT2D eigenvalue weighted by atomic mass is 9.81. The first-order valence-electron chi connectivity index (χ1n) is 16.3. The minimum Gasteiger partial charge on any atom is -0.497 e. The molecule has 2 aromatic carbocycles. The zero-order valence-electron chi connectivity index (χ0n) is 25.7. The van der Waals surface area contributed by atoms with E-state index in [0.29, 0.717) is 25.1 Å². The van der Waals surface area contributed by atoms with Gasteiger partial charge in [-0.2, -0.15) is 0 Å². The van der Waals surface area contributed by atoms with Crippen molar-refractivity contribution in [3.8, 4) is 17.0 Å². The number of carboxylic acids is 1. The average Bonchev–Trinajstić information content (AvgIpc) is 3.73. The van der Waals surface area contributed by atoms with Crippen molar-refractivity contribution in [2.75, 3.05) is 40.5 Å². The maximum absolute atomic E-state index is 14.9. The number of carbonyl (C=O) groups excluding carboxylic acids is 1. The molecule has 0 radical (unpaired) electrons. The van der Waals surface area contributed by atoms with E-state index in [9.17, 15) is 14.7 Å². The number of amides is 1. The third kappa shape index (κ3) is 4.17. The molecule has 1 N–H and O–H groups in total. The summed E-state index contributed by atoms with van der Waals surface area (Å²) >= 11 is 0. The molecule has 6 aliphatic rings. The molecule has 2 bridgehead atoms. The van der Waals surface area contributed by atoms with Gasteiger partial charge >= 0.3 is 5.97 Å². The average molecular weight is 596 g/mol. The van der Waals surface area contributed by atoms with E-state index in [-0.39, 0.29) is 17.5 Å². The van der Waals surface area contributed by atoms with Gasteiger partial charge in [-0.05, 0) is 78.6 Å². The van der Waals surface area contributed by atoms with Crippen LogP contribution < -0.4 is 4.74 Å². The third-order valence-corrected chi connectivity index (χ3v) is 11.2. The molecule has 3 atom stereocenters. The standard InChI is InChI=1S/C36H41N3O5/c1-43-15-14-37-19-25-10-9-24(37)20-38(25)35(42)36-18-30(36)29-17-26(44-2)11-13-27(29)33-32(22-6-4-3-5-7-22)28-12-8-23(34(40)41)16-31(28)39(33)21-36/h8,11-13,16-18,22,24-25H,3-7,9-10,14-15,19-21H2,1-2H3,(H,40,41)/t24?,25?,36-/m0/s1. The molecule has 8 heteroatoms. The van der Waals surface area contributed by atoms with Crippen molar-refractivity contribution in [2.45, 2.75) is 69.5 Å².